The highest BCUT2D eigenvalue weighted by Crippen LogP contribution is 2.28. The Morgan fingerprint density at radius 3 is 2.72 bits per heavy atom. The fourth-order valence-corrected chi connectivity index (χ4v) is 3.17. The molecule has 0 radical (unpaired) electrons. The molecule has 1 atom stereocenters. The van der Waals surface area contributed by atoms with Gasteiger partial charge in [-0.05, 0) is 56.0 Å². The lowest BCUT2D eigenvalue weighted by molar-refractivity contribution is 0.275. The van der Waals surface area contributed by atoms with Crippen LogP contribution in [0, 0.1) is 11.7 Å². The Kier molecular flexibility index (Phi) is 5.02. The standard InChI is InChI=1S/C15H21ClFN/c1-18-15(11-5-3-2-4-6-11)10-12-9-13(16)7-8-14(12)17/h7-9,11,15,18H,2-6,10H2,1H3. The first-order valence-electron chi connectivity index (χ1n) is 6.82. The highest BCUT2D eigenvalue weighted by atomic mass is 35.5. The van der Waals surface area contributed by atoms with Crippen molar-refractivity contribution in [3.63, 3.8) is 0 Å². The Labute approximate surface area is 114 Å². The molecular formula is C15H21ClFN. The van der Waals surface area contributed by atoms with Crippen LogP contribution in [-0.2, 0) is 6.42 Å². The molecule has 18 heavy (non-hydrogen) atoms. The minimum atomic E-state index is -0.143. The van der Waals surface area contributed by atoms with Crippen LogP contribution < -0.4 is 5.32 Å². The molecule has 0 aromatic heterocycles. The molecule has 0 saturated heterocycles. The third-order valence-corrected chi connectivity index (χ3v) is 4.27. The predicted molar refractivity (Wildman–Crippen MR) is 74.5 cm³/mol. The molecule has 0 heterocycles. The van der Waals surface area contributed by atoms with Crippen molar-refractivity contribution in [2.75, 3.05) is 7.05 Å². The van der Waals surface area contributed by atoms with Crippen LogP contribution in [0.15, 0.2) is 18.2 Å². The van der Waals surface area contributed by atoms with Crippen LogP contribution in [0.4, 0.5) is 4.39 Å². The van der Waals surface area contributed by atoms with E-state index in [9.17, 15) is 4.39 Å². The van der Waals surface area contributed by atoms with Gasteiger partial charge in [-0.3, -0.25) is 0 Å². The first kappa shape index (κ1) is 13.8. The third kappa shape index (κ3) is 3.46. The maximum atomic E-state index is 13.7. The second-order valence-corrected chi connectivity index (χ2v) is 5.67. The first-order valence-corrected chi connectivity index (χ1v) is 7.19. The van der Waals surface area contributed by atoms with E-state index >= 15 is 0 Å². The number of benzene rings is 1. The van der Waals surface area contributed by atoms with Gasteiger partial charge in [0.05, 0.1) is 0 Å². The van der Waals surface area contributed by atoms with E-state index in [-0.39, 0.29) is 5.82 Å². The molecule has 1 aromatic rings. The summed E-state index contributed by atoms with van der Waals surface area (Å²) in [5.41, 5.74) is 0.729. The molecule has 1 N–H and O–H groups in total. The summed E-state index contributed by atoms with van der Waals surface area (Å²) in [6, 6.07) is 5.18. The maximum absolute atomic E-state index is 13.7. The summed E-state index contributed by atoms with van der Waals surface area (Å²) in [6.07, 6.45) is 7.20. The average molecular weight is 270 g/mol. The predicted octanol–water partition coefficient (Wildman–Crippen LogP) is 4.19. The summed E-state index contributed by atoms with van der Waals surface area (Å²) in [7, 11) is 1.97. The van der Waals surface area contributed by atoms with Crippen LogP contribution in [-0.4, -0.2) is 13.1 Å². The lowest BCUT2D eigenvalue weighted by atomic mass is 9.81. The Morgan fingerprint density at radius 1 is 1.33 bits per heavy atom. The molecule has 100 valence electrons. The smallest absolute Gasteiger partial charge is 0.126 e. The van der Waals surface area contributed by atoms with Gasteiger partial charge in [-0.15, -0.1) is 0 Å². The van der Waals surface area contributed by atoms with Gasteiger partial charge in [0.15, 0.2) is 0 Å². The molecule has 1 aliphatic rings. The van der Waals surface area contributed by atoms with Crippen LogP contribution in [0.1, 0.15) is 37.7 Å². The average Bonchev–Trinajstić information content (AvgIpc) is 2.41. The second-order valence-electron chi connectivity index (χ2n) is 5.23. The Balaban J connectivity index is 2.06. The highest BCUT2D eigenvalue weighted by molar-refractivity contribution is 6.30. The number of hydrogen-bond donors (Lipinski definition) is 1. The van der Waals surface area contributed by atoms with Gasteiger partial charge >= 0.3 is 0 Å². The lowest BCUT2D eigenvalue weighted by Gasteiger charge is -2.30. The number of hydrogen-bond acceptors (Lipinski definition) is 1. The van der Waals surface area contributed by atoms with Crippen LogP contribution in [0.2, 0.25) is 5.02 Å². The van der Waals surface area contributed by atoms with Crippen molar-refractivity contribution in [3.05, 3.63) is 34.6 Å². The van der Waals surface area contributed by atoms with Crippen molar-refractivity contribution >= 4 is 11.6 Å². The minimum absolute atomic E-state index is 0.143. The lowest BCUT2D eigenvalue weighted by Crippen LogP contribution is -2.36. The highest BCUT2D eigenvalue weighted by Gasteiger charge is 2.23. The SMILES string of the molecule is CNC(Cc1cc(Cl)ccc1F)C1CCCCC1. The number of rotatable bonds is 4. The van der Waals surface area contributed by atoms with Crippen molar-refractivity contribution in [1.82, 2.24) is 5.32 Å². The van der Waals surface area contributed by atoms with Gasteiger partial charge in [0.25, 0.3) is 0 Å². The van der Waals surface area contributed by atoms with Gasteiger partial charge in [-0.25, -0.2) is 4.39 Å². The quantitative estimate of drug-likeness (QED) is 0.864. The van der Waals surface area contributed by atoms with Crippen molar-refractivity contribution in [3.8, 4) is 0 Å². The number of halogens is 2. The van der Waals surface area contributed by atoms with Crippen LogP contribution >= 0.6 is 11.6 Å². The van der Waals surface area contributed by atoms with E-state index < -0.39 is 0 Å². The first-order chi connectivity index (χ1) is 8.70. The zero-order valence-electron chi connectivity index (χ0n) is 10.9. The number of likely N-dealkylation sites (N-methyl/N-ethyl adjacent to an activating group) is 1. The zero-order chi connectivity index (χ0) is 13.0. The molecule has 1 fully saturated rings. The molecule has 3 heteroatoms. The molecule has 1 unspecified atom stereocenters. The van der Waals surface area contributed by atoms with E-state index in [1.807, 2.05) is 7.05 Å². The van der Waals surface area contributed by atoms with Crippen LogP contribution in [0.25, 0.3) is 0 Å². The molecule has 1 aromatic carbocycles. The summed E-state index contributed by atoms with van der Waals surface area (Å²) >= 11 is 5.94. The van der Waals surface area contributed by atoms with E-state index in [4.69, 9.17) is 11.6 Å². The van der Waals surface area contributed by atoms with E-state index in [0.29, 0.717) is 17.0 Å². The topological polar surface area (TPSA) is 12.0 Å². The van der Waals surface area contributed by atoms with E-state index in [1.54, 1.807) is 12.1 Å². The molecule has 0 bridgehead atoms. The molecule has 0 amide bonds. The van der Waals surface area contributed by atoms with Crippen molar-refractivity contribution in [2.45, 2.75) is 44.6 Å². The molecule has 0 spiro atoms. The Hall–Kier alpha value is -0.600. The van der Waals surface area contributed by atoms with Crippen LogP contribution in [0.5, 0.6) is 0 Å². The van der Waals surface area contributed by atoms with E-state index in [2.05, 4.69) is 5.32 Å². The van der Waals surface area contributed by atoms with Gasteiger partial charge in [0.2, 0.25) is 0 Å². The van der Waals surface area contributed by atoms with Gasteiger partial charge in [-0.2, -0.15) is 0 Å². The largest absolute Gasteiger partial charge is 0.316 e. The summed E-state index contributed by atoms with van der Waals surface area (Å²) in [5.74, 6) is 0.526. The van der Waals surface area contributed by atoms with Crippen molar-refractivity contribution < 1.29 is 4.39 Å². The van der Waals surface area contributed by atoms with Gasteiger partial charge < -0.3 is 5.32 Å². The third-order valence-electron chi connectivity index (χ3n) is 4.04. The minimum Gasteiger partial charge on any atom is -0.316 e. The molecule has 1 aliphatic carbocycles. The molecular weight excluding hydrogens is 249 g/mol. The molecule has 2 rings (SSSR count). The van der Waals surface area contributed by atoms with Crippen molar-refractivity contribution in [1.29, 1.82) is 0 Å². The fraction of sp³-hybridized carbons (Fsp3) is 0.600. The van der Waals surface area contributed by atoms with Crippen LogP contribution in [0.3, 0.4) is 0 Å². The Bertz CT molecular complexity index is 388. The maximum Gasteiger partial charge on any atom is 0.126 e. The normalized spacial score (nSPS) is 18.8. The molecule has 0 aliphatic heterocycles. The van der Waals surface area contributed by atoms with E-state index in [1.165, 1.54) is 38.2 Å². The number of nitrogens with one attached hydrogen (secondary N) is 1. The van der Waals surface area contributed by atoms with Gasteiger partial charge in [-0.1, -0.05) is 30.9 Å². The van der Waals surface area contributed by atoms with Crippen molar-refractivity contribution in [2.24, 2.45) is 5.92 Å². The summed E-state index contributed by atoms with van der Waals surface area (Å²) in [6.45, 7) is 0. The van der Waals surface area contributed by atoms with Gasteiger partial charge in [0.1, 0.15) is 5.82 Å². The van der Waals surface area contributed by atoms with E-state index in [0.717, 1.165) is 12.0 Å². The summed E-state index contributed by atoms with van der Waals surface area (Å²) in [4.78, 5) is 0. The zero-order valence-corrected chi connectivity index (χ0v) is 11.6. The molecule has 1 nitrogen and oxygen atoms in total. The molecule has 1 saturated carbocycles. The fourth-order valence-electron chi connectivity index (χ4n) is 2.98. The van der Waals surface area contributed by atoms with Gasteiger partial charge in [0, 0.05) is 11.1 Å². The summed E-state index contributed by atoms with van der Waals surface area (Å²) < 4.78 is 13.7. The summed E-state index contributed by atoms with van der Waals surface area (Å²) in [5, 5.41) is 3.97. The Morgan fingerprint density at radius 2 is 2.06 bits per heavy atom. The second kappa shape index (κ2) is 6.53. The monoisotopic (exact) mass is 269 g/mol.